The van der Waals surface area contributed by atoms with Crippen LogP contribution in [0.5, 0.6) is 0 Å². The molecule has 0 spiro atoms. The minimum Gasteiger partial charge on any atom is -0.477 e. The Labute approximate surface area is 195 Å². The Kier molecular flexibility index (Phi) is 7.53. The first-order valence-electron chi connectivity index (χ1n) is 11.5. The molecule has 0 saturated carbocycles. The van der Waals surface area contributed by atoms with Gasteiger partial charge >= 0.3 is 5.97 Å². The number of hydrogen-bond donors (Lipinski definition) is 2. The Bertz CT molecular complexity index is 1040. The molecule has 0 radical (unpaired) electrons. The Morgan fingerprint density at radius 1 is 0.939 bits per heavy atom. The minimum absolute atomic E-state index is 0.0317. The number of nitrogens with one attached hydrogen (secondary N) is 1. The van der Waals surface area contributed by atoms with Crippen LogP contribution in [0.1, 0.15) is 48.0 Å². The van der Waals surface area contributed by atoms with Gasteiger partial charge < -0.3 is 14.7 Å². The van der Waals surface area contributed by atoms with Crippen molar-refractivity contribution >= 4 is 17.4 Å². The van der Waals surface area contributed by atoms with Crippen LogP contribution < -0.4 is 4.90 Å². The first-order valence-corrected chi connectivity index (χ1v) is 11.5. The van der Waals surface area contributed by atoms with Gasteiger partial charge in [0.25, 0.3) is 0 Å². The van der Waals surface area contributed by atoms with Crippen LogP contribution in [0.15, 0.2) is 84.9 Å². The lowest BCUT2D eigenvalue weighted by Crippen LogP contribution is -2.32. The Morgan fingerprint density at radius 2 is 1.55 bits per heavy atom. The van der Waals surface area contributed by atoms with Crippen LogP contribution in [0.4, 0.5) is 5.69 Å². The molecule has 1 heterocycles. The molecule has 33 heavy (non-hydrogen) atoms. The molecule has 5 heteroatoms. The molecule has 0 amide bonds. The van der Waals surface area contributed by atoms with Crippen LogP contribution in [-0.2, 0) is 16.1 Å². The van der Waals surface area contributed by atoms with Crippen molar-refractivity contribution in [2.45, 2.75) is 37.9 Å². The summed E-state index contributed by atoms with van der Waals surface area (Å²) in [4.78, 5) is 13.6. The zero-order valence-corrected chi connectivity index (χ0v) is 18.7. The molecule has 3 aromatic rings. The van der Waals surface area contributed by atoms with Gasteiger partial charge in [-0.25, -0.2) is 4.79 Å². The number of carboxylic acid groups (broad SMARTS) is 1. The second-order valence-corrected chi connectivity index (χ2v) is 8.54. The molecule has 3 aromatic carbocycles. The topological polar surface area (TPSA) is 73.6 Å². The molecule has 1 atom stereocenters. The summed E-state index contributed by atoms with van der Waals surface area (Å²) in [6.07, 6.45) is 1.81. The summed E-state index contributed by atoms with van der Waals surface area (Å²) in [6.45, 7) is 2.39. The van der Waals surface area contributed by atoms with Crippen LogP contribution in [0, 0.1) is 5.41 Å². The molecular weight excluding hydrogens is 412 g/mol. The first kappa shape index (κ1) is 22.7. The number of ether oxygens (including phenoxy) is 1. The van der Waals surface area contributed by atoms with Crippen molar-refractivity contribution in [3.63, 3.8) is 0 Å². The highest BCUT2D eigenvalue weighted by Gasteiger charge is 2.22. The number of rotatable bonds is 9. The van der Waals surface area contributed by atoms with Crippen molar-refractivity contribution in [3.05, 3.63) is 102 Å². The zero-order valence-electron chi connectivity index (χ0n) is 18.7. The summed E-state index contributed by atoms with van der Waals surface area (Å²) in [6, 6.07) is 28.7. The lowest BCUT2D eigenvalue weighted by molar-refractivity contribution is -0.129. The largest absolute Gasteiger partial charge is 0.477 e. The highest BCUT2D eigenvalue weighted by molar-refractivity contribution is 6.34. The van der Waals surface area contributed by atoms with Crippen LogP contribution >= 0.6 is 0 Å². The number of aliphatic carboxylic acids is 1. The van der Waals surface area contributed by atoms with E-state index in [0.717, 1.165) is 37.1 Å². The van der Waals surface area contributed by atoms with Gasteiger partial charge in [-0.05, 0) is 47.6 Å². The fourth-order valence-electron chi connectivity index (χ4n) is 4.41. The molecular formula is C28H30N2O3. The highest BCUT2D eigenvalue weighted by Crippen LogP contribution is 2.31. The van der Waals surface area contributed by atoms with Crippen molar-refractivity contribution in [1.82, 2.24) is 0 Å². The van der Waals surface area contributed by atoms with Gasteiger partial charge in [0.15, 0.2) is 0 Å². The first-order chi connectivity index (χ1) is 16.1. The fourth-order valence-corrected chi connectivity index (χ4v) is 4.41. The maximum atomic E-state index is 11.2. The second-order valence-electron chi connectivity index (χ2n) is 8.54. The fraction of sp³-hybridized carbons (Fsp3) is 0.286. The Hall–Kier alpha value is -3.44. The van der Waals surface area contributed by atoms with Gasteiger partial charge in [0, 0.05) is 25.2 Å². The summed E-state index contributed by atoms with van der Waals surface area (Å²) < 4.78 is 6.07. The molecule has 1 aliphatic heterocycles. The monoisotopic (exact) mass is 442 g/mol. The molecule has 1 fully saturated rings. The smallest absolute Gasteiger partial charge is 0.349 e. The quantitative estimate of drug-likeness (QED) is 0.409. The third-order valence-electron chi connectivity index (χ3n) is 6.34. The minimum atomic E-state index is -1.21. The number of benzene rings is 3. The van der Waals surface area contributed by atoms with Crippen molar-refractivity contribution < 1.29 is 14.6 Å². The second kappa shape index (κ2) is 10.9. The van der Waals surface area contributed by atoms with E-state index in [2.05, 4.69) is 47.4 Å². The number of carboxylic acids is 1. The van der Waals surface area contributed by atoms with Gasteiger partial charge in [-0.2, -0.15) is 0 Å². The van der Waals surface area contributed by atoms with Gasteiger partial charge in [-0.15, -0.1) is 0 Å². The standard InChI is InChI=1S/C28H30N2O3/c29-26(28(31)32)19-27(33-20-21-7-3-1-4-8-21)24-11-13-25(14-12-24)30-17-15-23(16-18-30)22-9-5-2-6-10-22/h1-14,23,27,29H,15-20H2,(H,31,32). The van der Waals surface area contributed by atoms with Gasteiger partial charge in [0.1, 0.15) is 5.71 Å². The number of carbonyl (C=O) groups is 1. The lowest BCUT2D eigenvalue weighted by Gasteiger charge is -2.34. The van der Waals surface area contributed by atoms with Crippen LogP contribution in [0.25, 0.3) is 0 Å². The Balaban J connectivity index is 1.41. The SMILES string of the molecule is N=C(CC(OCc1ccccc1)c1ccc(N2CCC(c3ccccc3)CC2)cc1)C(=O)O. The maximum Gasteiger partial charge on any atom is 0.349 e. The van der Waals surface area contributed by atoms with Crippen molar-refractivity contribution in [2.24, 2.45) is 0 Å². The van der Waals surface area contributed by atoms with Crippen LogP contribution in [0.2, 0.25) is 0 Å². The van der Waals surface area contributed by atoms with E-state index >= 15 is 0 Å². The van der Waals surface area contributed by atoms with E-state index in [0.29, 0.717) is 12.5 Å². The molecule has 0 aromatic heterocycles. The van der Waals surface area contributed by atoms with Crippen molar-refractivity contribution in [2.75, 3.05) is 18.0 Å². The lowest BCUT2D eigenvalue weighted by atomic mass is 9.89. The van der Waals surface area contributed by atoms with Gasteiger partial charge in [0.05, 0.1) is 12.7 Å². The molecule has 0 aliphatic carbocycles. The predicted molar refractivity (Wildman–Crippen MR) is 131 cm³/mol. The van der Waals surface area contributed by atoms with E-state index in [1.165, 1.54) is 11.3 Å². The molecule has 170 valence electrons. The van der Waals surface area contributed by atoms with Gasteiger partial charge in [0.2, 0.25) is 0 Å². The normalized spacial score (nSPS) is 15.2. The van der Waals surface area contributed by atoms with Gasteiger partial charge in [-0.1, -0.05) is 72.8 Å². The molecule has 2 N–H and O–H groups in total. The van der Waals surface area contributed by atoms with Crippen LogP contribution in [-0.4, -0.2) is 29.9 Å². The summed E-state index contributed by atoms with van der Waals surface area (Å²) in [5.74, 6) is -0.597. The highest BCUT2D eigenvalue weighted by atomic mass is 16.5. The molecule has 0 bridgehead atoms. The third-order valence-corrected chi connectivity index (χ3v) is 6.34. The number of nitrogens with zero attached hydrogens (tertiary/aromatic N) is 1. The molecule has 1 unspecified atom stereocenters. The van der Waals surface area contributed by atoms with Crippen molar-refractivity contribution in [3.8, 4) is 0 Å². The molecule has 4 rings (SSSR count). The van der Waals surface area contributed by atoms with E-state index in [9.17, 15) is 9.90 Å². The molecule has 5 nitrogen and oxygen atoms in total. The zero-order chi connectivity index (χ0) is 23.0. The average molecular weight is 443 g/mol. The predicted octanol–water partition coefficient (Wildman–Crippen LogP) is 5.82. The average Bonchev–Trinajstić information content (AvgIpc) is 2.88. The molecule has 1 aliphatic rings. The van der Waals surface area contributed by atoms with Crippen LogP contribution in [0.3, 0.4) is 0 Å². The third kappa shape index (κ3) is 6.08. The Morgan fingerprint density at radius 3 is 2.15 bits per heavy atom. The summed E-state index contributed by atoms with van der Waals surface area (Å²) in [7, 11) is 0. The maximum absolute atomic E-state index is 11.2. The van der Waals surface area contributed by atoms with Crippen molar-refractivity contribution in [1.29, 1.82) is 5.41 Å². The van der Waals surface area contributed by atoms with E-state index in [1.54, 1.807) is 0 Å². The summed E-state index contributed by atoms with van der Waals surface area (Å²) in [5.41, 5.74) is 4.15. The number of anilines is 1. The number of hydrogen-bond acceptors (Lipinski definition) is 4. The summed E-state index contributed by atoms with van der Waals surface area (Å²) in [5, 5.41) is 17.0. The van der Waals surface area contributed by atoms with E-state index in [4.69, 9.17) is 10.1 Å². The van der Waals surface area contributed by atoms with E-state index in [-0.39, 0.29) is 12.1 Å². The molecule has 1 saturated heterocycles. The van der Waals surface area contributed by atoms with E-state index in [1.807, 2.05) is 42.5 Å². The van der Waals surface area contributed by atoms with Gasteiger partial charge in [-0.3, -0.25) is 5.41 Å². The summed E-state index contributed by atoms with van der Waals surface area (Å²) >= 11 is 0. The van der Waals surface area contributed by atoms with E-state index < -0.39 is 12.1 Å². The number of piperidine rings is 1.